The highest BCUT2D eigenvalue weighted by atomic mass is 32.1. The van der Waals surface area contributed by atoms with Crippen molar-refractivity contribution in [2.24, 2.45) is 0 Å². The first-order chi connectivity index (χ1) is 11.4. The zero-order valence-corrected chi connectivity index (χ0v) is 13.2. The summed E-state index contributed by atoms with van der Waals surface area (Å²) in [6.45, 7) is 0. The SMILES string of the molecule is c1ccc2c(c1)C1c3cc4cscc4cc3C2c2ncccc21. The highest BCUT2D eigenvalue weighted by Crippen LogP contribution is 2.55. The predicted octanol–water partition coefficient (Wildman–Crippen LogP) is 5.28. The van der Waals surface area contributed by atoms with E-state index in [9.17, 15) is 0 Å². The van der Waals surface area contributed by atoms with E-state index in [1.807, 2.05) is 6.20 Å². The van der Waals surface area contributed by atoms with Crippen LogP contribution in [0.5, 0.6) is 0 Å². The van der Waals surface area contributed by atoms with Crippen LogP contribution in [0.2, 0.25) is 0 Å². The molecule has 0 spiro atoms. The number of aromatic nitrogens is 1. The average Bonchev–Trinajstić information content (AvgIpc) is 3.06. The van der Waals surface area contributed by atoms with E-state index in [1.165, 1.54) is 44.3 Å². The fourth-order valence-corrected chi connectivity index (χ4v) is 5.24. The van der Waals surface area contributed by atoms with Gasteiger partial charge in [0.25, 0.3) is 0 Å². The van der Waals surface area contributed by atoms with Crippen molar-refractivity contribution in [2.75, 3.05) is 0 Å². The Labute approximate surface area is 138 Å². The number of rotatable bonds is 0. The van der Waals surface area contributed by atoms with Gasteiger partial charge < -0.3 is 0 Å². The molecule has 7 rings (SSSR count). The Morgan fingerprint density at radius 2 is 1.35 bits per heavy atom. The molecule has 23 heavy (non-hydrogen) atoms. The third-order valence-electron chi connectivity index (χ3n) is 5.37. The van der Waals surface area contributed by atoms with Crippen molar-refractivity contribution in [3.05, 3.63) is 99.0 Å². The summed E-state index contributed by atoms with van der Waals surface area (Å²) in [6, 6.07) is 18.0. The van der Waals surface area contributed by atoms with Crippen LogP contribution in [0.3, 0.4) is 0 Å². The van der Waals surface area contributed by atoms with E-state index in [2.05, 4.69) is 59.3 Å². The molecule has 2 atom stereocenters. The Morgan fingerprint density at radius 3 is 2.13 bits per heavy atom. The van der Waals surface area contributed by atoms with E-state index in [-0.39, 0.29) is 5.92 Å². The molecule has 3 aliphatic rings. The van der Waals surface area contributed by atoms with Gasteiger partial charge in [-0.1, -0.05) is 30.3 Å². The molecule has 2 unspecified atom stereocenters. The zero-order chi connectivity index (χ0) is 15.0. The zero-order valence-electron chi connectivity index (χ0n) is 12.4. The summed E-state index contributed by atoms with van der Waals surface area (Å²) in [4.78, 5) is 4.77. The maximum Gasteiger partial charge on any atom is 0.0564 e. The van der Waals surface area contributed by atoms with Crippen molar-refractivity contribution in [2.45, 2.75) is 11.8 Å². The van der Waals surface area contributed by atoms with E-state index >= 15 is 0 Å². The number of pyridine rings is 1. The molecule has 4 aromatic rings. The van der Waals surface area contributed by atoms with Crippen molar-refractivity contribution in [1.82, 2.24) is 4.98 Å². The Bertz CT molecular complexity index is 960. The number of thiophene rings is 1. The summed E-state index contributed by atoms with van der Waals surface area (Å²) in [5, 5.41) is 7.23. The molecule has 0 N–H and O–H groups in total. The highest BCUT2D eigenvalue weighted by Gasteiger charge is 2.41. The second-order valence-electron chi connectivity index (χ2n) is 6.45. The summed E-state index contributed by atoms with van der Waals surface area (Å²) in [6.07, 6.45) is 1.94. The van der Waals surface area contributed by atoms with E-state index < -0.39 is 0 Å². The average molecular weight is 311 g/mol. The van der Waals surface area contributed by atoms with Gasteiger partial charge in [0.1, 0.15) is 0 Å². The quantitative estimate of drug-likeness (QED) is 0.372. The van der Waals surface area contributed by atoms with Gasteiger partial charge in [0, 0.05) is 12.1 Å². The minimum absolute atomic E-state index is 0.284. The van der Waals surface area contributed by atoms with E-state index in [0.717, 1.165) is 0 Å². The third-order valence-corrected chi connectivity index (χ3v) is 6.15. The van der Waals surface area contributed by atoms with Gasteiger partial charge in [-0.3, -0.25) is 4.98 Å². The second-order valence-corrected chi connectivity index (χ2v) is 7.20. The first-order valence-corrected chi connectivity index (χ1v) is 8.89. The topological polar surface area (TPSA) is 12.9 Å². The maximum atomic E-state index is 4.77. The summed E-state index contributed by atoms with van der Waals surface area (Å²) in [7, 11) is 0. The number of nitrogens with zero attached hydrogens (tertiary/aromatic N) is 1. The molecule has 0 saturated heterocycles. The molecular formula is C21H13NS. The lowest BCUT2D eigenvalue weighted by Gasteiger charge is -2.41. The number of fused-ring (bicyclic) bond motifs is 1. The fourth-order valence-electron chi connectivity index (χ4n) is 4.47. The Kier molecular flexibility index (Phi) is 2.14. The van der Waals surface area contributed by atoms with Gasteiger partial charge in [0.2, 0.25) is 0 Å². The molecule has 2 aromatic carbocycles. The molecule has 108 valence electrons. The second kappa shape index (κ2) is 4.09. The first kappa shape index (κ1) is 12.0. The van der Waals surface area contributed by atoms with Crippen molar-refractivity contribution in [3.8, 4) is 0 Å². The number of hydrogen-bond acceptors (Lipinski definition) is 2. The van der Waals surface area contributed by atoms with Crippen molar-refractivity contribution < 1.29 is 0 Å². The Hall–Kier alpha value is -2.45. The lowest BCUT2D eigenvalue weighted by Crippen LogP contribution is -2.28. The molecule has 0 fully saturated rings. The molecule has 0 amide bonds. The number of hydrogen-bond donors (Lipinski definition) is 0. The monoisotopic (exact) mass is 311 g/mol. The summed E-state index contributed by atoms with van der Waals surface area (Å²) >= 11 is 1.79. The minimum Gasteiger partial charge on any atom is -0.260 e. The third kappa shape index (κ3) is 1.40. The molecule has 3 aliphatic carbocycles. The van der Waals surface area contributed by atoms with Gasteiger partial charge in [0.15, 0.2) is 0 Å². The van der Waals surface area contributed by atoms with Crippen LogP contribution in [-0.4, -0.2) is 4.98 Å². The van der Waals surface area contributed by atoms with Gasteiger partial charge in [0.05, 0.1) is 11.6 Å². The first-order valence-electron chi connectivity index (χ1n) is 7.95. The molecular weight excluding hydrogens is 298 g/mol. The van der Waals surface area contributed by atoms with Crippen molar-refractivity contribution >= 4 is 22.1 Å². The standard InChI is InChI=1S/C21H13NS/c1-2-5-15-14(4-1)19-16-6-3-7-22-21(16)20(15)18-9-13-11-23-10-12(13)8-17(18)19/h1-11,19-20H. The highest BCUT2D eigenvalue weighted by molar-refractivity contribution is 7.09. The molecule has 1 nitrogen and oxygen atoms in total. The van der Waals surface area contributed by atoms with Gasteiger partial charge in [-0.15, -0.1) is 0 Å². The lowest BCUT2D eigenvalue weighted by atomic mass is 9.62. The normalized spacial score (nSPS) is 20.2. The van der Waals surface area contributed by atoms with Crippen molar-refractivity contribution in [1.29, 1.82) is 0 Å². The molecule has 0 radical (unpaired) electrons. The Morgan fingerprint density at radius 1 is 0.696 bits per heavy atom. The molecule has 0 aliphatic heterocycles. The molecule has 2 heterocycles. The Balaban J connectivity index is 1.78. The van der Waals surface area contributed by atoms with Crippen LogP contribution in [0.4, 0.5) is 0 Å². The smallest absolute Gasteiger partial charge is 0.0564 e. The van der Waals surface area contributed by atoms with Crippen LogP contribution >= 0.6 is 11.3 Å². The summed E-state index contributed by atoms with van der Waals surface area (Å²) in [5.41, 5.74) is 8.45. The van der Waals surface area contributed by atoms with Gasteiger partial charge >= 0.3 is 0 Å². The minimum atomic E-state index is 0.284. The fraction of sp³-hybridized carbons (Fsp3) is 0.0952. The maximum absolute atomic E-state index is 4.77. The van der Waals surface area contributed by atoms with Crippen LogP contribution < -0.4 is 0 Å². The number of benzene rings is 2. The van der Waals surface area contributed by atoms with Crippen LogP contribution in [0, 0.1) is 0 Å². The van der Waals surface area contributed by atoms with Crippen LogP contribution in [0.25, 0.3) is 10.8 Å². The molecule has 2 bridgehead atoms. The van der Waals surface area contributed by atoms with Crippen molar-refractivity contribution in [3.63, 3.8) is 0 Å². The van der Waals surface area contributed by atoms with Gasteiger partial charge in [-0.25, -0.2) is 0 Å². The van der Waals surface area contributed by atoms with E-state index in [4.69, 9.17) is 4.98 Å². The summed E-state index contributed by atoms with van der Waals surface area (Å²) in [5.74, 6) is 0.617. The van der Waals surface area contributed by atoms with Crippen LogP contribution in [0.1, 0.15) is 45.3 Å². The predicted molar refractivity (Wildman–Crippen MR) is 94.4 cm³/mol. The van der Waals surface area contributed by atoms with Gasteiger partial charge in [-0.05, 0) is 67.5 Å². The molecule has 0 saturated carbocycles. The van der Waals surface area contributed by atoms with E-state index in [1.54, 1.807) is 11.3 Å². The van der Waals surface area contributed by atoms with Crippen LogP contribution in [-0.2, 0) is 0 Å². The van der Waals surface area contributed by atoms with E-state index in [0.29, 0.717) is 5.92 Å². The molecule has 2 heteroatoms. The van der Waals surface area contributed by atoms with Crippen LogP contribution in [0.15, 0.2) is 65.5 Å². The molecule has 2 aromatic heterocycles. The van der Waals surface area contributed by atoms with Gasteiger partial charge in [-0.2, -0.15) is 11.3 Å². The lowest BCUT2D eigenvalue weighted by molar-refractivity contribution is 0.729. The largest absolute Gasteiger partial charge is 0.260 e. The summed E-state index contributed by atoms with van der Waals surface area (Å²) < 4.78 is 0.